The Morgan fingerprint density at radius 1 is 1.18 bits per heavy atom. The van der Waals surface area contributed by atoms with Gasteiger partial charge in [-0.05, 0) is 13.0 Å². The fraction of sp³-hybridized carbons (Fsp3) is 0.429. The lowest BCUT2D eigenvalue weighted by Gasteiger charge is -2.34. The maximum atomic E-state index is 12.2. The number of aromatic amines is 1. The normalized spacial score (nSPS) is 24.7. The molecular weight excluding hydrogens is 436 g/mol. The van der Waals surface area contributed by atoms with E-state index in [1.54, 1.807) is 25.3 Å². The van der Waals surface area contributed by atoms with Gasteiger partial charge in [0.05, 0.1) is 11.6 Å². The third-order valence-corrected chi connectivity index (χ3v) is 5.38. The largest absolute Gasteiger partial charge is 0.463 e. The molecule has 1 saturated heterocycles. The lowest BCUT2D eigenvalue weighted by Crippen LogP contribution is -2.50. The summed E-state index contributed by atoms with van der Waals surface area (Å²) in [4.78, 5) is 47.4. The Morgan fingerprint density at radius 2 is 1.94 bits per heavy atom. The van der Waals surface area contributed by atoms with Crippen LogP contribution < -0.4 is 5.56 Å². The maximum Gasteiger partial charge on any atom is 0.303 e. The summed E-state index contributed by atoms with van der Waals surface area (Å²) in [5.41, 5.74) is -1.50. The first-order valence-corrected chi connectivity index (χ1v) is 10.1. The zero-order valence-electron chi connectivity index (χ0n) is 18.4. The fourth-order valence-electron chi connectivity index (χ4n) is 4.17. The Bertz CT molecular complexity index is 1310. The van der Waals surface area contributed by atoms with E-state index < -0.39 is 41.9 Å². The second-order valence-electron chi connectivity index (χ2n) is 7.91. The number of nitrogens with zero attached hydrogens (tertiary/aromatic N) is 3. The molecule has 0 unspecified atom stereocenters. The highest BCUT2D eigenvalue weighted by Crippen LogP contribution is 2.43. The van der Waals surface area contributed by atoms with Crippen molar-refractivity contribution in [2.45, 2.75) is 51.7 Å². The van der Waals surface area contributed by atoms with E-state index in [9.17, 15) is 19.2 Å². The van der Waals surface area contributed by atoms with Crippen molar-refractivity contribution in [3.63, 3.8) is 0 Å². The van der Waals surface area contributed by atoms with Gasteiger partial charge in [0.25, 0.3) is 5.56 Å². The van der Waals surface area contributed by atoms with Gasteiger partial charge in [-0.15, -0.1) is 0 Å². The number of nitrogens with one attached hydrogen (secondary N) is 1. The minimum Gasteiger partial charge on any atom is -0.463 e. The smallest absolute Gasteiger partial charge is 0.303 e. The van der Waals surface area contributed by atoms with E-state index in [1.165, 1.54) is 31.6 Å². The van der Waals surface area contributed by atoms with Crippen LogP contribution >= 0.6 is 0 Å². The van der Waals surface area contributed by atoms with E-state index in [4.69, 9.17) is 18.9 Å². The van der Waals surface area contributed by atoms with Crippen LogP contribution in [0, 0.1) is 0 Å². The summed E-state index contributed by atoms with van der Waals surface area (Å²) in [6.45, 7) is 4.97. The summed E-state index contributed by atoms with van der Waals surface area (Å²) in [6.07, 6.45) is -0.0839. The quantitative estimate of drug-likeness (QED) is 0.433. The molecule has 1 N–H and O–H groups in total. The molecule has 0 bridgehead atoms. The molecule has 3 heterocycles. The fourth-order valence-corrected chi connectivity index (χ4v) is 4.17. The molecule has 1 aromatic carbocycles. The van der Waals surface area contributed by atoms with Gasteiger partial charge in [0.15, 0.2) is 17.9 Å². The molecular formula is C21H22N4O8. The van der Waals surface area contributed by atoms with Gasteiger partial charge in [-0.2, -0.15) is 10.2 Å². The molecule has 0 saturated carbocycles. The van der Waals surface area contributed by atoms with Crippen molar-refractivity contribution in [1.82, 2.24) is 20.0 Å². The van der Waals surface area contributed by atoms with E-state index in [0.717, 1.165) is 0 Å². The van der Waals surface area contributed by atoms with Crippen LogP contribution in [0.15, 0.2) is 29.3 Å². The molecule has 33 heavy (non-hydrogen) atoms. The van der Waals surface area contributed by atoms with Crippen molar-refractivity contribution in [1.29, 1.82) is 0 Å². The first-order chi connectivity index (χ1) is 15.6. The summed E-state index contributed by atoms with van der Waals surface area (Å²) >= 11 is 0. The molecule has 12 heteroatoms. The van der Waals surface area contributed by atoms with Gasteiger partial charge in [0.1, 0.15) is 18.2 Å². The van der Waals surface area contributed by atoms with Gasteiger partial charge >= 0.3 is 17.9 Å². The molecule has 0 radical (unpaired) electrons. The number of hydrogen-bond acceptors (Lipinski definition) is 10. The van der Waals surface area contributed by atoms with Crippen molar-refractivity contribution in [2.75, 3.05) is 6.61 Å². The highest BCUT2D eigenvalue weighted by Gasteiger charge is 2.60. The number of hydrogen-bond donors (Lipinski definition) is 1. The zero-order valence-corrected chi connectivity index (χ0v) is 18.4. The van der Waals surface area contributed by atoms with Crippen molar-refractivity contribution >= 4 is 39.6 Å². The van der Waals surface area contributed by atoms with E-state index in [0.29, 0.717) is 21.7 Å². The van der Waals surface area contributed by atoms with Crippen LogP contribution in [0.5, 0.6) is 0 Å². The van der Waals surface area contributed by atoms with Crippen LogP contribution in [-0.4, -0.2) is 62.3 Å². The minimum absolute atomic E-state index is 0.239. The number of H-pyrrole nitrogens is 1. The molecule has 12 nitrogen and oxygen atoms in total. The monoisotopic (exact) mass is 458 g/mol. The van der Waals surface area contributed by atoms with Crippen molar-refractivity contribution in [3.8, 4) is 0 Å². The van der Waals surface area contributed by atoms with Crippen LogP contribution in [0.4, 0.5) is 0 Å². The number of ether oxygens (including phenoxy) is 4. The minimum atomic E-state index is -1.52. The molecule has 2 aromatic heterocycles. The number of carbonyl (C=O) groups excluding carboxylic acids is 3. The Kier molecular flexibility index (Phi) is 5.62. The van der Waals surface area contributed by atoms with E-state index in [2.05, 4.69) is 15.3 Å². The summed E-state index contributed by atoms with van der Waals surface area (Å²) in [6, 6.07) is 3.39. The number of carbonyl (C=O) groups is 3. The van der Waals surface area contributed by atoms with Gasteiger partial charge in [-0.1, -0.05) is 6.07 Å². The van der Waals surface area contributed by atoms with Crippen LogP contribution in [0.1, 0.15) is 33.9 Å². The van der Waals surface area contributed by atoms with Crippen LogP contribution in [0.25, 0.3) is 21.7 Å². The van der Waals surface area contributed by atoms with Gasteiger partial charge in [-0.25, -0.2) is 9.78 Å². The summed E-state index contributed by atoms with van der Waals surface area (Å²) in [5.74, 6) is -1.82. The summed E-state index contributed by atoms with van der Waals surface area (Å²) < 4.78 is 23.7. The highest BCUT2D eigenvalue weighted by molar-refractivity contribution is 6.08. The lowest BCUT2D eigenvalue weighted by molar-refractivity contribution is -0.185. The highest BCUT2D eigenvalue weighted by atomic mass is 16.7. The maximum absolute atomic E-state index is 12.2. The molecule has 174 valence electrons. The van der Waals surface area contributed by atoms with Gasteiger partial charge in [-0.3, -0.25) is 19.2 Å². The van der Waals surface area contributed by atoms with E-state index in [-0.39, 0.29) is 12.2 Å². The first-order valence-electron chi connectivity index (χ1n) is 10.1. The van der Waals surface area contributed by atoms with E-state index >= 15 is 0 Å². The molecule has 3 aromatic rings. The van der Waals surface area contributed by atoms with Gasteiger partial charge < -0.3 is 18.9 Å². The average molecular weight is 458 g/mol. The third kappa shape index (κ3) is 4.04. The van der Waals surface area contributed by atoms with Crippen LogP contribution in [0.3, 0.4) is 0 Å². The Morgan fingerprint density at radius 3 is 2.61 bits per heavy atom. The Balaban J connectivity index is 1.86. The standard InChI is InChI=1S/C21H22N4O8/c1-10(26)30-9-16-18(31-11(2)27)21(4,33-12(3)28)20(32-16)25-8-13-5-6-14-17(13)15(24-25)7-22-23-19(14)29/h5-8,16,18,20H,9H2,1-4H3,(H,23,29)/t16-,18-,20-,21-/m1/s1. The first kappa shape index (κ1) is 22.4. The zero-order chi connectivity index (χ0) is 23.9. The average Bonchev–Trinajstić information content (AvgIpc) is 3.20. The lowest BCUT2D eigenvalue weighted by atomic mass is 9.95. The number of esters is 3. The van der Waals surface area contributed by atoms with Crippen molar-refractivity contribution < 1.29 is 33.3 Å². The topological polar surface area (TPSA) is 152 Å². The van der Waals surface area contributed by atoms with Gasteiger partial charge in [0.2, 0.25) is 0 Å². The predicted octanol–water partition coefficient (Wildman–Crippen LogP) is 0.987. The Labute approximate surface area is 186 Å². The second-order valence-corrected chi connectivity index (χ2v) is 7.91. The second kappa shape index (κ2) is 8.28. The summed E-state index contributed by atoms with van der Waals surface area (Å²) in [7, 11) is 0. The summed E-state index contributed by atoms with van der Waals surface area (Å²) in [5, 5.41) is 12.5. The number of aromatic nitrogens is 4. The molecule has 4 atom stereocenters. The predicted molar refractivity (Wildman–Crippen MR) is 112 cm³/mol. The van der Waals surface area contributed by atoms with Crippen LogP contribution in [-0.2, 0) is 33.3 Å². The SMILES string of the molecule is CC(=O)OC[C@H]1O[C@@H](n2cc3ccc4c(=O)[nH]ncc(n2)c34)[C@](C)(OC(C)=O)[C@@H]1OC(C)=O. The van der Waals surface area contributed by atoms with E-state index in [1.807, 2.05) is 0 Å². The van der Waals surface area contributed by atoms with Gasteiger partial charge in [0, 0.05) is 37.7 Å². The van der Waals surface area contributed by atoms with Crippen LogP contribution in [0.2, 0.25) is 0 Å². The molecule has 0 aliphatic carbocycles. The molecule has 1 aliphatic heterocycles. The molecule has 4 rings (SSSR count). The number of rotatable bonds is 5. The molecule has 0 spiro atoms. The third-order valence-electron chi connectivity index (χ3n) is 5.38. The van der Waals surface area contributed by atoms with Crippen molar-refractivity contribution in [3.05, 3.63) is 34.9 Å². The molecule has 1 fully saturated rings. The van der Waals surface area contributed by atoms with Crippen molar-refractivity contribution in [2.24, 2.45) is 0 Å². The molecule has 0 amide bonds. The molecule has 1 aliphatic rings. The Hall–Kier alpha value is -3.80.